The first-order valence-electron chi connectivity index (χ1n) is 9.74. The number of allylic oxidation sites excluding steroid dienone is 1. The molecule has 1 N–H and O–H groups in total. The van der Waals surface area contributed by atoms with Crippen LogP contribution < -0.4 is 10.2 Å². The van der Waals surface area contributed by atoms with Gasteiger partial charge in [0.15, 0.2) is 0 Å². The van der Waals surface area contributed by atoms with Crippen molar-refractivity contribution in [2.75, 3.05) is 4.90 Å². The molecule has 2 aromatic rings. The topological polar surface area (TPSA) is 126 Å². The minimum atomic E-state index is -5.02. The average molecular weight is 541 g/mol. The van der Waals surface area contributed by atoms with Crippen molar-refractivity contribution in [1.82, 2.24) is 5.32 Å². The molecular formula is C22H13F6N5O3S. The molecule has 8 nitrogen and oxygen atoms in total. The van der Waals surface area contributed by atoms with E-state index in [1.807, 2.05) is 16.5 Å². The number of hydrogen-bond donors (Lipinski definition) is 1. The van der Waals surface area contributed by atoms with Crippen LogP contribution in [0.1, 0.15) is 29.7 Å². The molecule has 0 radical (unpaired) electrons. The summed E-state index contributed by atoms with van der Waals surface area (Å²) in [6.45, 7) is 1.51. The smallest absolute Gasteiger partial charge is 0.326 e. The number of carbonyl (C=O) groups excluding carboxylic acids is 2. The lowest BCUT2D eigenvalue weighted by Crippen LogP contribution is -2.46. The molecule has 0 fully saturated rings. The Morgan fingerprint density at radius 2 is 1.68 bits per heavy atom. The Morgan fingerprint density at radius 3 is 2.14 bits per heavy atom. The summed E-state index contributed by atoms with van der Waals surface area (Å²) >= 11 is -0.758. The number of nitrogens with zero attached hydrogens (tertiary/aromatic N) is 4. The summed E-state index contributed by atoms with van der Waals surface area (Å²) in [6, 6.07) is 13.3. The van der Waals surface area contributed by atoms with Gasteiger partial charge in [0.25, 0.3) is 0 Å². The lowest BCUT2D eigenvalue weighted by molar-refractivity contribution is -0.169. The highest BCUT2D eigenvalue weighted by molar-refractivity contribution is 7.55. The average Bonchev–Trinajstić information content (AvgIpc) is 2.83. The number of rotatable bonds is 2. The van der Waals surface area contributed by atoms with Gasteiger partial charge in [-0.2, -0.15) is 41.1 Å². The van der Waals surface area contributed by atoms with E-state index in [1.54, 1.807) is 24.3 Å². The molecule has 1 aliphatic rings. The molecule has 1 aliphatic heterocycles. The van der Waals surface area contributed by atoms with Gasteiger partial charge in [-0.15, -0.1) is 4.36 Å². The Morgan fingerprint density at radius 1 is 1.05 bits per heavy atom. The fourth-order valence-electron chi connectivity index (χ4n) is 3.11. The monoisotopic (exact) mass is 541 g/mol. The second-order valence-corrected chi connectivity index (χ2v) is 7.41. The normalized spacial score (nSPS) is 15.4. The molecule has 1 atom stereocenters. The van der Waals surface area contributed by atoms with E-state index in [0.29, 0.717) is 11.1 Å². The number of nitrogens with one attached hydrogen (secondary N) is 1. The highest BCUT2D eigenvalue weighted by Crippen LogP contribution is 2.36. The van der Waals surface area contributed by atoms with Gasteiger partial charge in [-0.05, 0) is 42.8 Å². The summed E-state index contributed by atoms with van der Waals surface area (Å²) < 4.78 is 83.4. The molecule has 1 heterocycles. The third kappa shape index (κ3) is 7.02. The molecule has 15 heteroatoms. The third-order valence-electron chi connectivity index (χ3n) is 4.77. The van der Waals surface area contributed by atoms with Crippen molar-refractivity contribution in [2.45, 2.75) is 25.3 Å². The minimum Gasteiger partial charge on any atom is -0.326 e. The Balaban J connectivity index is 0.000000458. The molecule has 0 aromatic heterocycles. The number of anilines is 1. The van der Waals surface area contributed by atoms with Gasteiger partial charge < -0.3 is 5.32 Å². The maximum Gasteiger partial charge on any atom is 0.474 e. The molecule has 2 aromatic carbocycles. The van der Waals surface area contributed by atoms with Crippen LogP contribution in [0.2, 0.25) is 0 Å². The fraction of sp³-hybridized carbons (Fsp3) is 0.182. The van der Waals surface area contributed by atoms with Crippen molar-refractivity contribution in [3.05, 3.63) is 76.5 Å². The molecule has 0 spiro atoms. The van der Waals surface area contributed by atoms with Crippen LogP contribution >= 0.6 is 0 Å². The SMILES string of the molecule is CC1=C(C#N)[C@@H](c2ccc(C#N)cc2)NC(=O)N1c1cccc(C(F)(F)F)c1.O=S=NC(=O)C(F)(F)F. The predicted molar refractivity (Wildman–Crippen MR) is 116 cm³/mol. The zero-order valence-electron chi connectivity index (χ0n) is 18.4. The number of hydrogen-bond acceptors (Lipinski definition) is 5. The Hall–Kier alpha value is -4.50. The second kappa shape index (κ2) is 11.5. The quantitative estimate of drug-likeness (QED) is 0.529. The molecule has 0 bridgehead atoms. The van der Waals surface area contributed by atoms with Crippen LogP contribution in [0.15, 0.2) is 64.2 Å². The van der Waals surface area contributed by atoms with Crippen LogP contribution in [-0.2, 0) is 22.4 Å². The van der Waals surface area contributed by atoms with E-state index in [2.05, 4.69) is 5.32 Å². The first-order chi connectivity index (χ1) is 17.2. The lowest BCUT2D eigenvalue weighted by atomic mass is 9.95. The van der Waals surface area contributed by atoms with Crippen molar-refractivity contribution in [2.24, 2.45) is 4.36 Å². The zero-order chi connectivity index (χ0) is 28.0. The number of nitriles is 2. The second-order valence-electron chi connectivity index (χ2n) is 7.08. The van der Waals surface area contributed by atoms with E-state index in [4.69, 9.17) is 5.26 Å². The van der Waals surface area contributed by atoms with Crippen LogP contribution in [0.3, 0.4) is 0 Å². The van der Waals surface area contributed by atoms with Crippen molar-refractivity contribution in [1.29, 1.82) is 10.5 Å². The van der Waals surface area contributed by atoms with E-state index in [1.165, 1.54) is 19.1 Å². The van der Waals surface area contributed by atoms with Gasteiger partial charge in [0.1, 0.15) is 0 Å². The lowest BCUT2D eigenvalue weighted by Gasteiger charge is -2.34. The minimum absolute atomic E-state index is 0.0100. The van der Waals surface area contributed by atoms with Crippen molar-refractivity contribution < 1.29 is 40.1 Å². The first kappa shape index (κ1) is 28.7. The van der Waals surface area contributed by atoms with Crippen LogP contribution in [-0.4, -0.2) is 22.3 Å². The third-order valence-corrected chi connectivity index (χ3v) is 5.01. The predicted octanol–water partition coefficient (Wildman–Crippen LogP) is 5.12. The number of urea groups is 1. The van der Waals surface area contributed by atoms with Gasteiger partial charge in [-0.1, -0.05) is 18.2 Å². The molecule has 192 valence electrons. The number of amides is 3. The standard InChI is InChI=1S/C20H13F3N4O.C2F3NO2S/c1-12-17(11-25)18(14-7-5-13(10-24)6-8-14)26-19(28)27(12)16-4-2-3-15(9-16)20(21,22)23;3-2(4,5)1(7)6-9-8/h2-9,18H,1H3,(H,26,28);/t18-;/m1./s1. The van der Waals surface area contributed by atoms with E-state index >= 15 is 0 Å². The van der Waals surface area contributed by atoms with Gasteiger partial charge in [0.2, 0.25) is 11.5 Å². The highest BCUT2D eigenvalue weighted by atomic mass is 32.1. The van der Waals surface area contributed by atoms with Crippen LogP contribution in [0.4, 0.5) is 36.8 Å². The molecule has 0 aliphatic carbocycles. The van der Waals surface area contributed by atoms with Gasteiger partial charge in [-0.3, -0.25) is 9.69 Å². The van der Waals surface area contributed by atoms with E-state index in [9.17, 15) is 45.4 Å². The molecular weight excluding hydrogens is 528 g/mol. The molecule has 3 amide bonds. The maximum absolute atomic E-state index is 13.0. The largest absolute Gasteiger partial charge is 0.474 e. The van der Waals surface area contributed by atoms with Crippen molar-refractivity contribution >= 4 is 29.1 Å². The van der Waals surface area contributed by atoms with E-state index in [0.717, 1.165) is 17.0 Å². The Bertz CT molecular complexity index is 1370. The zero-order valence-corrected chi connectivity index (χ0v) is 19.2. The summed E-state index contributed by atoms with van der Waals surface area (Å²) in [6.07, 6.45) is -9.57. The first-order valence-corrected chi connectivity index (χ1v) is 10.4. The Kier molecular flexibility index (Phi) is 8.92. The summed E-state index contributed by atoms with van der Waals surface area (Å²) in [5.74, 6) is -2.36. The number of benzene rings is 2. The van der Waals surface area contributed by atoms with Crippen LogP contribution in [0, 0.1) is 22.7 Å². The van der Waals surface area contributed by atoms with Gasteiger partial charge in [0, 0.05) is 5.70 Å². The van der Waals surface area contributed by atoms with Gasteiger partial charge >= 0.3 is 24.3 Å². The number of carbonyl (C=O) groups is 2. The van der Waals surface area contributed by atoms with Gasteiger partial charge in [-0.25, -0.2) is 4.79 Å². The molecule has 0 unspecified atom stereocenters. The summed E-state index contributed by atoms with van der Waals surface area (Å²) in [7, 11) is 0. The van der Waals surface area contributed by atoms with Gasteiger partial charge in [0.05, 0.1) is 40.6 Å². The Labute approximate surface area is 208 Å². The van der Waals surface area contributed by atoms with Crippen LogP contribution in [0.25, 0.3) is 0 Å². The highest BCUT2D eigenvalue weighted by Gasteiger charge is 2.39. The molecule has 3 rings (SSSR count). The number of halogens is 6. The molecule has 0 saturated carbocycles. The molecule has 37 heavy (non-hydrogen) atoms. The van der Waals surface area contributed by atoms with E-state index < -0.39 is 47.4 Å². The summed E-state index contributed by atoms with van der Waals surface area (Å²) in [5.41, 5.74) is 0.568. The molecule has 0 saturated heterocycles. The summed E-state index contributed by atoms with van der Waals surface area (Å²) in [5, 5.41) is 21.2. The number of alkyl halides is 6. The van der Waals surface area contributed by atoms with Crippen molar-refractivity contribution in [3.63, 3.8) is 0 Å². The van der Waals surface area contributed by atoms with Crippen molar-refractivity contribution in [3.8, 4) is 12.1 Å². The summed E-state index contributed by atoms with van der Waals surface area (Å²) in [4.78, 5) is 23.3. The maximum atomic E-state index is 13.0. The van der Waals surface area contributed by atoms with E-state index in [-0.39, 0.29) is 17.0 Å². The van der Waals surface area contributed by atoms with Crippen LogP contribution in [0.5, 0.6) is 0 Å². The fourth-order valence-corrected chi connectivity index (χ4v) is 3.28.